The van der Waals surface area contributed by atoms with E-state index < -0.39 is 17.2 Å². The molecule has 1 unspecified atom stereocenters. The van der Waals surface area contributed by atoms with Gasteiger partial charge in [-0.2, -0.15) is 4.98 Å². The lowest BCUT2D eigenvalue weighted by molar-refractivity contribution is -0.142. The normalized spacial score (nSPS) is 12.2. The van der Waals surface area contributed by atoms with Crippen molar-refractivity contribution in [3.63, 3.8) is 0 Å². The van der Waals surface area contributed by atoms with Crippen LogP contribution in [0, 0.1) is 0 Å². The Morgan fingerprint density at radius 3 is 2.84 bits per heavy atom. The van der Waals surface area contributed by atoms with Gasteiger partial charge in [0.2, 0.25) is 0 Å². The number of aromatic nitrogens is 3. The fraction of sp³-hybridized carbons (Fsp3) is 0.600. The zero-order chi connectivity index (χ0) is 14.4. The Labute approximate surface area is 113 Å². The van der Waals surface area contributed by atoms with Crippen molar-refractivity contribution >= 4 is 17.7 Å². The summed E-state index contributed by atoms with van der Waals surface area (Å²) in [6.45, 7) is 2.48. The molecule has 1 atom stereocenters. The number of aryl methyl sites for hydroxylation is 1. The summed E-state index contributed by atoms with van der Waals surface area (Å²) in [5.41, 5.74) is -1.62. The molecule has 0 aliphatic rings. The second-order valence-corrected chi connectivity index (χ2v) is 4.63. The Bertz CT molecular complexity index is 553. The van der Waals surface area contributed by atoms with Crippen molar-refractivity contribution in [1.82, 2.24) is 20.1 Å². The van der Waals surface area contributed by atoms with Crippen LogP contribution in [0.15, 0.2) is 14.7 Å². The lowest BCUT2D eigenvalue weighted by atomic mass is 10.3. The van der Waals surface area contributed by atoms with E-state index in [0.29, 0.717) is 17.5 Å². The molecule has 9 heteroatoms. The highest BCUT2D eigenvalue weighted by Crippen LogP contribution is 2.13. The summed E-state index contributed by atoms with van der Waals surface area (Å²) in [5, 5.41) is 5.63. The maximum Gasteiger partial charge on any atom is 0.339 e. The van der Waals surface area contributed by atoms with E-state index in [1.165, 1.54) is 23.6 Å². The van der Waals surface area contributed by atoms with E-state index in [2.05, 4.69) is 20.1 Å². The first-order valence-electron chi connectivity index (χ1n) is 5.61. The fourth-order valence-electron chi connectivity index (χ4n) is 1.35. The Balaban J connectivity index is 2.79. The van der Waals surface area contributed by atoms with E-state index in [0.717, 1.165) is 0 Å². The van der Waals surface area contributed by atoms with Gasteiger partial charge in [0, 0.05) is 12.8 Å². The van der Waals surface area contributed by atoms with E-state index >= 15 is 0 Å². The van der Waals surface area contributed by atoms with Gasteiger partial charge in [0.05, 0.1) is 7.11 Å². The molecule has 0 aliphatic heterocycles. The van der Waals surface area contributed by atoms with Crippen LogP contribution >= 0.6 is 11.8 Å². The number of carbonyl (C=O) groups is 1. The zero-order valence-electron chi connectivity index (χ0n) is 10.9. The van der Waals surface area contributed by atoms with E-state index in [-0.39, 0.29) is 5.97 Å². The van der Waals surface area contributed by atoms with Crippen LogP contribution in [-0.4, -0.2) is 46.2 Å². The van der Waals surface area contributed by atoms with Crippen LogP contribution in [0.25, 0.3) is 0 Å². The van der Waals surface area contributed by atoms with Gasteiger partial charge in [-0.15, -0.1) is 0 Å². The Hall–Kier alpha value is -1.61. The molecule has 0 radical (unpaired) electrons. The van der Waals surface area contributed by atoms with Crippen molar-refractivity contribution < 1.29 is 9.53 Å². The predicted molar refractivity (Wildman–Crippen MR) is 70.3 cm³/mol. The van der Waals surface area contributed by atoms with Crippen LogP contribution in [0.4, 0.5) is 0 Å². The average molecular weight is 288 g/mol. The van der Waals surface area contributed by atoms with E-state index in [1.54, 1.807) is 7.05 Å². The van der Waals surface area contributed by atoms with E-state index in [4.69, 9.17) is 0 Å². The maximum absolute atomic E-state index is 11.5. The highest BCUT2D eigenvalue weighted by atomic mass is 32.2. The topological polar surface area (TPSA) is 106 Å². The van der Waals surface area contributed by atoms with Gasteiger partial charge in [0.15, 0.2) is 5.16 Å². The van der Waals surface area contributed by atoms with Crippen molar-refractivity contribution in [2.24, 2.45) is 7.05 Å². The number of nitrogens with one attached hydrogen (secondary N) is 2. The molecule has 0 saturated carbocycles. The number of esters is 1. The first-order chi connectivity index (χ1) is 8.99. The molecule has 8 nitrogen and oxygen atoms in total. The molecule has 1 aromatic rings. The van der Waals surface area contributed by atoms with Crippen molar-refractivity contribution in [2.45, 2.75) is 18.1 Å². The monoisotopic (exact) mass is 288 g/mol. The van der Waals surface area contributed by atoms with Crippen LogP contribution in [0.1, 0.15) is 6.92 Å². The van der Waals surface area contributed by atoms with Crippen molar-refractivity contribution in [3.05, 3.63) is 20.7 Å². The third kappa shape index (κ3) is 4.21. The minimum absolute atomic E-state index is 0.330. The van der Waals surface area contributed by atoms with Gasteiger partial charge in [-0.05, 0) is 6.54 Å². The second-order valence-electron chi connectivity index (χ2n) is 3.64. The minimum atomic E-state index is -0.848. The number of hydrogen-bond donors (Lipinski definition) is 2. The van der Waals surface area contributed by atoms with E-state index in [1.807, 2.05) is 6.92 Å². The van der Waals surface area contributed by atoms with Gasteiger partial charge in [0.25, 0.3) is 0 Å². The lowest BCUT2D eigenvalue weighted by Crippen LogP contribution is -2.40. The highest BCUT2D eigenvalue weighted by molar-refractivity contribution is 7.99. The smallest absolute Gasteiger partial charge is 0.339 e. The minimum Gasteiger partial charge on any atom is -0.468 e. The summed E-state index contributed by atoms with van der Waals surface area (Å²) < 4.78 is 6.01. The Morgan fingerprint density at radius 1 is 1.58 bits per heavy atom. The number of thioether (sulfide) groups is 1. The predicted octanol–water partition coefficient (Wildman–Crippen LogP) is -1.29. The average Bonchev–Trinajstić information content (AvgIpc) is 2.39. The number of carbonyl (C=O) groups excluding carboxylic acids is 1. The molecule has 106 valence electrons. The van der Waals surface area contributed by atoms with Crippen molar-refractivity contribution in [3.8, 4) is 0 Å². The summed E-state index contributed by atoms with van der Waals surface area (Å²) in [4.78, 5) is 37.3. The Morgan fingerprint density at radius 2 is 2.26 bits per heavy atom. The SMILES string of the molecule is CCNC(CSc1nc(=O)c(=O)[nH]n1C)C(=O)OC. The zero-order valence-corrected chi connectivity index (χ0v) is 11.7. The van der Waals surface area contributed by atoms with Crippen LogP contribution in [0.3, 0.4) is 0 Å². The molecule has 1 heterocycles. The summed E-state index contributed by atoms with van der Waals surface area (Å²) in [6.07, 6.45) is 0. The highest BCUT2D eigenvalue weighted by Gasteiger charge is 2.19. The first kappa shape index (κ1) is 15.4. The lowest BCUT2D eigenvalue weighted by Gasteiger charge is -2.15. The first-order valence-corrected chi connectivity index (χ1v) is 6.59. The molecule has 0 saturated heterocycles. The molecular weight excluding hydrogens is 272 g/mol. The van der Waals surface area contributed by atoms with Gasteiger partial charge in [-0.25, -0.2) is 0 Å². The molecule has 1 rings (SSSR count). The van der Waals surface area contributed by atoms with Crippen LogP contribution in [-0.2, 0) is 16.6 Å². The number of likely N-dealkylation sites (N-methyl/N-ethyl adjacent to an activating group) is 1. The summed E-state index contributed by atoms with van der Waals surface area (Å²) in [5.74, 6) is -0.0453. The number of H-pyrrole nitrogens is 1. The molecule has 0 fully saturated rings. The van der Waals surface area contributed by atoms with Gasteiger partial charge in [-0.3, -0.25) is 24.2 Å². The maximum atomic E-state index is 11.5. The third-order valence-electron chi connectivity index (χ3n) is 2.26. The third-order valence-corrected chi connectivity index (χ3v) is 3.39. The molecule has 0 bridgehead atoms. The number of aromatic amines is 1. The number of methoxy groups -OCH3 is 1. The molecule has 1 aromatic heterocycles. The van der Waals surface area contributed by atoms with E-state index in [9.17, 15) is 14.4 Å². The standard InChI is InChI=1S/C10H16N4O4S/c1-4-11-6(9(17)18-3)5-19-10-12-7(15)8(16)13-14(10)2/h6,11H,4-5H2,1-3H3,(H,13,16). The number of nitrogens with zero attached hydrogens (tertiary/aromatic N) is 2. The van der Waals surface area contributed by atoms with Crippen LogP contribution in [0.5, 0.6) is 0 Å². The second kappa shape index (κ2) is 7.10. The number of hydrogen-bond acceptors (Lipinski definition) is 7. The summed E-state index contributed by atoms with van der Waals surface area (Å²) >= 11 is 1.18. The largest absolute Gasteiger partial charge is 0.468 e. The summed E-state index contributed by atoms with van der Waals surface area (Å²) in [7, 11) is 2.88. The molecule has 0 aromatic carbocycles. The fourth-order valence-corrected chi connectivity index (χ4v) is 2.30. The van der Waals surface area contributed by atoms with Gasteiger partial charge in [0.1, 0.15) is 6.04 Å². The molecule has 0 spiro atoms. The van der Waals surface area contributed by atoms with Crippen LogP contribution in [0.2, 0.25) is 0 Å². The van der Waals surface area contributed by atoms with Gasteiger partial charge in [-0.1, -0.05) is 18.7 Å². The van der Waals surface area contributed by atoms with Crippen molar-refractivity contribution in [2.75, 3.05) is 19.4 Å². The van der Waals surface area contributed by atoms with Gasteiger partial charge >= 0.3 is 17.1 Å². The van der Waals surface area contributed by atoms with Crippen LogP contribution < -0.4 is 16.4 Å². The van der Waals surface area contributed by atoms with Crippen molar-refractivity contribution in [1.29, 1.82) is 0 Å². The quantitative estimate of drug-likeness (QED) is 0.381. The molecule has 0 amide bonds. The van der Waals surface area contributed by atoms with Gasteiger partial charge < -0.3 is 10.1 Å². The number of ether oxygens (including phenoxy) is 1. The Kier molecular flexibility index (Phi) is 5.77. The number of rotatable bonds is 6. The molecular formula is C10H16N4O4S. The molecule has 0 aliphatic carbocycles. The summed E-state index contributed by atoms with van der Waals surface area (Å²) in [6, 6.07) is -0.496. The molecule has 19 heavy (non-hydrogen) atoms. The molecule has 2 N–H and O–H groups in total.